The predicted molar refractivity (Wildman–Crippen MR) is 69.9 cm³/mol. The molecule has 0 saturated carbocycles. The molecule has 2 aromatic carbocycles. The minimum absolute atomic E-state index is 0.135. The Labute approximate surface area is 113 Å². The molecule has 0 atom stereocenters. The number of nitrogens with two attached hydrogens (primary N) is 1. The lowest BCUT2D eigenvalue weighted by Crippen LogP contribution is -2.17. The maximum absolute atomic E-state index is 13.7. The molecule has 0 bridgehead atoms. The van der Waals surface area contributed by atoms with Gasteiger partial charge in [0.25, 0.3) is 5.91 Å². The van der Waals surface area contributed by atoms with Crippen LogP contribution in [0.2, 0.25) is 0 Å². The summed E-state index contributed by atoms with van der Waals surface area (Å²) in [6.07, 6.45) is 0. The summed E-state index contributed by atoms with van der Waals surface area (Å²) in [4.78, 5) is 11.9. The average Bonchev–Trinajstić information content (AvgIpc) is 2.40. The molecule has 104 valence electrons. The van der Waals surface area contributed by atoms with E-state index < -0.39 is 28.9 Å². The smallest absolute Gasteiger partial charge is 0.261 e. The molecule has 6 heteroatoms. The van der Waals surface area contributed by atoms with E-state index in [1.54, 1.807) is 0 Å². The molecule has 0 fully saturated rings. The van der Waals surface area contributed by atoms with Crippen molar-refractivity contribution in [2.45, 2.75) is 6.92 Å². The van der Waals surface area contributed by atoms with Crippen LogP contribution in [0, 0.1) is 24.4 Å². The molecule has 3 nitrogen and oxygen atoms in total. The quantitative estimate of drug-likeness (QED) is 0.830. The Bertz CT molecular complexity index is 686. The van der Waals surface area contributed by atoms with Crippen molar-refractivity contribution in [1.82, 2.24) is 0 Å². The fraction of sp³-hybridized carbons (Fsp3) is 0.0714. The Hall–Kier alpha value is -2.50. The van der Waals surface area contributed by atoms with E-state index >= 15 is 0 Å². The molecule has 20 heavy (non-hydrogen) atoms. The molecule has 0 spiro atoms. The van der Waals surface area contributed by atoms with Gasteiger partial charge in [0.05, 0.1) is 5.69 Å². The van der Waals surface area contributed by atoms with Crippen LogP contribution >= 0.6 is 0 Å². The number of nitrogen functional groups attached to an aromatic ring is 1. The number of rotatable bonds is 2. The van der Waals surface area contributed by atoms with Gasteiger partial charge in [-0.15, -0.1) is 0 Å². The van der Waals surface area contributed by atoms with Crippen LogP contribution in [0.15, 0.2) is 30.3 Å². The summed E-state index contributed by atoms with van der Waals surface area (Å²) in [5, 5.41) is 2.26. The number of carbonyl (C=O) groups excluding carboxylic acids is 1. The highest BCUT2D eigenvalue weighted by atomic mass is 19.1. The fourth-order valence-corrected chi connectivity index (χ4v) is 1.70. The molecular formula is C14H11F3N2O. The molecule has 0 saturated heterocycles. The van der Waals surface area contributed by atoms with Crippen LogP contribution in [0.5, 0.6) is 0 Å². The second-order valence-electron chi connectivity index (χ2n) is 4.19. The average molecular weight is 280 g/mol. The van der Waals surface area contributed by atoms with Crippen molar-refractivity contribution in [1.29, 1.82) is 0 Å². The first-order valence-corrected chi connectivity index (χ1v) is 5.71. The Morgan fingerprint density at radius 1 is 1.10 bits per heavy atom. The van der Waals surface area contributed by atoms with Gasteiger partial charge in [-0.05, 0) is 31.2 Å². The van der Waals surface area contributed by atoms with Crippen LogP contribution in [-0.2, 0) is 0 Å². The molecule has 1 amide bonds. The van der Waals surface area contributed by atoms with Gasteiger partial charge < -0.3 is 11.1 Å². The maximum atomic E-state index is 13.7. The molecule has 2 aromatic rings. The van der Waals surface area contributed by atoms with Gasteiger partial charge in [0, 0.05) is 11.3 Å². The lowest BCUT2D eigenvalue weighted by Gasteiger charge is -2.10. The van der Waals surface area contributed by atoms with Gasteiger partial charge in [-0.1, -0.05) is 6.07 Å². The van der Waals surface area contributed by atoms with Gasteiger partial charge in [-0.2, -0.15) is 0 Å². The minimum atomic E-state index is -1.14. The Balaban J connectivity index is 2.39. The lowest BCUT2D eigenvalue weighted by molar-refractivity contribution is 0.101. The number of halogens is 3. The molecule has 0 aromatic heterocycles. The lowest BCUT2D eigenvalue weighted by atomic mass is 10.1. The van der Waals surface area contributed by atoms with Crippen LogP contribution in [0.3, 0.4) is 0 Å². The monoisotopic (exact) mass is 280 g/mol. The molecule has 0 heterocycles. The number of carbonyl (C=O) groups is 1. The van der Waals surface area contributed by atoms with E-state index in [1.807, 2.05) is 0 Å². The zero-order chi connectivity index (χ0) is 14.9. The number of benzene rings is 2. The Morgan fingerprint density at radius 3 is 2.50 bits per heavy atom. The number of nitrogens with one attached hydrogen (secondary N) is 1. The van der Waals surface area contributed by atoms with Crippen LogP contribution in [0.25, 0.3) is 0 Å². The minimum Gasteiger partial charge on any atom is -0.396 e. The third-order valence-electron chi connectivity index (χ3n) is 2.86. The number of amides is 1. The van der Waals surface area contributed by atoms with E-state index in [2.05, 4.69) is 5.32 Å². The van der Waals surface area contributed by atoms with Crippen LogP contribution in [0.4, 0.5) is 24.5 Å². The second-order valence-corrected chi connectivity index (χ2v) is 4.19. The third kappa shape index (κ3) is 2.45. The fourth-order valence-electron chi connectivity index (χ4n) is 1.70. The van der Waals surface area contributed by atoms with Crippen molar-refractivity contribution >= 4 is 17.3 Å². The van der Waals surface area contributed by atoms with Gasteiger partial charge in [0.1, 0.15) is 17.2 Å². The molecule has 0 aliphatic rings. The van der Waals surface area contributed by atoms with Gasteiger partial charge in [0.15, 0.2) is 5.82 Å². The van der Waals surface area contributed by atoms with Gasteiger partial charge in [-0.3, -0.25) is 4.79 Å². The van der Waals surface area contributed by atoms with Crippen molar-refractivity contribution in [3.8, 4) is 0 Å². The van der Waals surface area contributed by atoms with E-state index in [1.165, 1.54) is 25.1 Å². The highest BCUT2D eigenvalue weighted by Gasteiger charge is 2.20. The Kier molecular flexibility index (Phi) is 3.65. The van der Waals surface area contributed by atoms with Crippen LogP contribution in [0.1, 0.15) is 15.9 Å². The van der Waals surface area contributed by atoms with Crippen molar-refractivity contribution in [3.05, 3.63) is 58.9 Å². The molecule has 0 radical (unpaired) electrons. The molecule has 3 N–H and O–H groups in total. The first-order valence-electron chi connectivity index (χ1n) is 5.71. The standard InChI is InChI=1S/C14H11F3N2O/c1-7-8(15)3-2-4-11(7)19-14(20)12-9(16)5-6-10(18)13(12)17/h2-6H,18H2,1H3,(H,19,20). The normalized spacial score (nSPS) is 10.4. The number of hydrogen-bond acceptors (Lipinski definition) is 2. The van der Waals surface area contributed by atoms with Crippen molar-refractivity contribution in [2.75, 3.05) is 11.1 Å². The number of anilines is 2. The van der Waals surface area contributed by atoms with E-state index in [9.17, 15) is 18.0 Å². The summed E-state index contributed by atoms with van der Waals surface area (Å²) >= 11 is 0. The SMILES string of the molecule is Cc1c(F)cccc1NC(=O)c1c(F)ccc(N)c1F. The van der Waals surface area contributed by atoms with Gasteiger partial charge >= 0.3 is 0 Å². The van der Waals surface area contributed by atoms with Crippen LogP contribution in [-0.4, -0.2) is 5.91 Å². The summed E-state index contributed by atoms with van der Waals surface area (Å²) in [7, 11) is 0. The molecular weight excluding hydrogens is 269 g/mol. The maximum Gasteiger partial charge on any atom is 0.261 e. The van der Waals surface area contributed by atoms with E-state index in [0.717, 1.165) is 12.1 Å². The highest BCUT2D eigenvalue weighted by molar-refractivity contribution is 6.05. The molecule has 0 aliphatic carbocycles. The molecule has 0 aliphatic heterocycles. The first-order chi connectivity index (χ1) is 9.41. The summed E-state index contributed by atoms with van der Waals surface area (Å²) in [6, 6.07) is 5.94. The summed E-state index contributed by atoms with van der Waals surface area (Å²) < 4.78 is 40.6. The summed E-state index contributed by atoms with van der Waals surface area (Å²) in [6.45, 7) is 1.44. The molecule has 0 unspecified atom stereocenters. The first kappa shape index (κ1) is 13.9. The topological polar surface area (TPSA) is 55.1 Å². The Morgan fingerprint density at radius 2 is 1.80 bits per heavy atom. The van der Waals surface area contributed by atoms with Crippen LogP contribution < -0.4 is 11.1 Å². The second kappa shape index (κ2) is 5.24. The third-order valence-corrected chi connectivity index (χ3v) is 2.86. The summed E-state index contributed by atoms with van der Waals surface area (Å²) in [5.41, 5.74) is 4.46. The summed E-state index contributed by atoms with van der Waals surface area (Å²) in [5.74, 6) is -3.74. The van der Waals surface area contributed by atoms with Crippen molar-refractivity contribution in [2.24, 2.45) is 0 Å². The zero-order valence-electron chi connectivity index (χ0n) is 10.5. The van der Waals surface area contributed by atoms with Crippen molar-refractivity contribution < 1.29 is 18.0 Å². The van der Waals surface area contributed by atoms with E-state index in [-0.39, 0.29) is 16.9 Å². The van der Waals surface area contributed by atoms with Gasteiger partial charge in [0.2, 0.25) is 0 Å². The highest BCUT2D eigenvalue weighted by Crippen LogP contribution is 2.22. The zero-order valence-corrected chi connectivity index (χ0v) is 10.5. The van der Waals surface area contributed by atoms with E-state index in [4.69, 9.17) is 5.73 Å². The van der Waals surface area contributed by atoms with Gasteiger partial charge in [-0.25, -0.2) is 13.2 Å². The number of hydrogen-bond donors (Lipinski definition) is 2. The van der Waals surface area contributed by atoms with E-state index in [0.29, 0.717) is 0 Å². The molecule has 2 rings (SSSR count). The largest absolute Gasteiger partial charge is 0.396 e. The predicted octanol–water partition coefficient (Wildman–Crippen LogP) is 3.25. The van der Waals surface area contributed by atoms with Crippen molar-refractivity contribution in [3.63, 3.8) is 0 Å².